The fourth-order valence-corrected chi connectivity index (χ4v) is 2.28. The molecule has 1 heterocycles. The Balaban J connectivity index is 3.10. The first-order chi connectivity index (χ1) is 7.75. The van der Waals surface area contributed by atoms with Crippen LogP contribution in [0.25, 0.3) is 0 Å². The van der Waals surface area contributed by atoms with Gasteiger partial charge in [-0.15, -0.1) is 0 Å². The van der Waals surface area contributed by atoms with Crippen molar-refractivity contribution < 1.29 is 23.1 Å². The van der Waals surface area contributed by atoms with Crippen molar-refractivity contribution in [1.29, 1.82) is 0 Å². The zero-order chi connectivity index (χ0) is 13.2. The van der Waals surface area contributed by atoms with Crippen LogP contribution in [0.1, 0.15) is 17.3 Å². The first-order valence-electron chi connectivity index (χ1n) is 4.34. The van der Waals surface area contributed by atoms with E-state index in [1.54, 1.807) is 0 Å². The van der Waals surface area contributed by atoms with Gasteiger partial charge >= 0.3 is 5.97 Å². The van der Waals surface area contributed by atoms with Crippen molar-refractivity contribution in [1.82, 2.24) is 14.9 Å². The molecular formula is C7H10N4O5S. The Hall–Kier alpha value is -1.94. The number of primary amides is 1. The summed E-state index contributed by atoms with van der Waals surface area (Å²) < 4.78 is 25.3. The summed E-state index contributed by atoms with van der Waals surface area (Å²) in [5.41, 5.74) is 4.37. The van der Waals surface area contributed by atoms with E-state index in [1.165, 1.54) is 6.92 Å². The van der Waals surface area contributed by atoms with Crippen molar-refractivity contribution in [2.24, 2.45) is 5.73 Å². The highest BCUT2D eigenvalue weighted by Crippen LogP contribution is 2.11. The van der Waals surface area contributed by atoms with E-state index in [1.807, 2.05) is 9.82 Å². The second-order valence-electron chi connectivity index (χ2n) is 3.16. The molecule has 0 bridgehead atoms. The molecule has 17 heavy (non-hydrogen) atoms. The third-order valence-electron chi connectivity index (χ3n) is 1.86. The predicted molar refractivity (Wildman–Crippen MR) is 54.5 cm³/mol. The molecule has 0 radical (unpaired) electrons. The van der Waals surface area contributed by atoms with Gasteiger partial charge in [-0.05, 0) is 6.92 Å². The molecule has 0 aliphatic rings. The lowest BCUT2D eigenvalue weighted by Crippen LogP contribution is -2.42. The topological polar surface area (TPSA) is 155 Å². The van der Waals surface area contributed by atoms with E-state index in [0.717, 1.165) is 6.20 Å². The Kier molecular flexibility index (Phi) is 3.48. The lowest BCUT2D eigenvalue weighted by atomic mass is 10.4. The average molecular weight is 262 g/mol. The van der Waals surface area contributed by atoms with Gasteiger partial charge in [0.05, 0.1) is 12.2 Å². The lowest BCUT2D eigenvalue weighted by Gasteiger charge is -2.09. The standard InChI is InChI=1S/C7H10N4O5S/c1-3(5(8)12)11-17(15,16)6-4(7(13)14)2-9-10-6/h2-3,11H,1H3,(H2,8,12)(H,9,10)(H,13,14). The van der Waals surface area contributed by atoms with Gasteiger partial charge in [-0.2, -0.15) is 9.82 Å². The zero-order valence-electron chi connectivity index (χ0n) is 8.67. The molecule has 0 aromatic carbocycles. The molecule has 0 saturated carbocycles. The third kappa shape index (κ3) is 2.79. The predicted octanol–water partition coefficient (Wildman–Crippen LogP) is -1.74. The summed E-state index contributed by atoms with van der Waals surface area (Å²) >= 11 is 0. The summed E-state index contributed by atoms with van der Waals surface area (Å²) in [4.78, 5) is 21.4. The van der Waals surface area contributed by atoms with Crippen LogP contribution in [-0.4, -0.2) is 41.6 Å². The van der Waals surface area contributed by atoms with Crippen LogP contribution in [0.3, 0.4) is 0 Å². The molecule has 94 valence electrons. The summed E-state index contributed by atoms with van der Waals surface area (Å²) in [6, 6.07) is -1.16. The molecule has 9 nitrogen and oxygen atoms in total. The molecule has 1 rings (SSSR count). The van der Waals surface area contributed by atoms with Crippen LogP contribution in [0.15, 0.2) is 11.2 Å². The maximum Gasteiger partial charge on any atom is 0.340 e. The highest BCUT2D eigenvalue weighted by molar-refractivity contribution is 7.89. The molecule has 1 aromatic rings. The number of sulfonamides is 1. The quantitative estimate of drug-likeness (QED) is 0.493. The van der Waals surface area contributed by atoms with E-state index in [-0.39, 0.29) is 0 Å². The SMILES string of the molecule is CC(NS(=O)(=O)c1[nH]ncc1C(=O)O)C(N)=O. The number of carboxylic acids is 1. The number of carboxylic acid groups (broad SMARTS) is 1. The number of hydrogen-bond acceptors (Lipinski definition) is 5. The van der Waals surface area contributed by atoms with Gasteiger partial charge in [0.1, 0.15) is 5.56 Å². The molecule has 0 fully saturated rings. The summed E-state index contributed by atoms with van der Waals surface area (Å²) in [6.45, 7) is 1.23. The molecule has 1 aromatic heterocycles. The number of hydrogen-bond donors (Lipinski definition) is 4. The normalized spacial score (nSPS) is 13.2. The molecule has 1 unspecified atom stereocenters. The van der Waals surface area contributed by atoms with Gasteiger partial charge in [0.25, 0.3) is 10.0 Å². The number of aromatic amines is 1. The molecular weight excluding hydrogens is 252 g/mol. The van der Waals surface area contributed by atoms with Crippen molar-refractivity contribution in [3.63, 3.8) is 0 Å². The minimum absolute atomic E-state index is 0.519. The number of rotatable bonds is 5. The molecule has 0 spiro atoms. The molecule has 1 atom stereocenters. The van der Waals surface area contributed by atoms with E-state index < -0.39 is 38.5 Å². The number of carbonyl (C=O) groups is 2. The number of carbonyl (C=O) groups excluding carboxylic acids is 1. The largest absolute Gasteiger partial charge is 0.478 e. The van der Waals surface area contributed by atoms with Crippen molar-refractivity contribution in [3.05, 3.63) is 11.8 Å². The van der Waals surface area contributed by atoms with Crippen LogP contribution in [0.4, 0.5) is 0 Å². The van der Waals surface area contributed by atoms with E-state index >= 15 is 0 Å². The van der Waals surface area contributed by atoms with Gasteiger partial charge in [0, 0.05) is 0 Å². The van der Waals surface area contributed by atoms with Gasteiger partial charge < -0.3 is 10.8 Å². The fourth-order valence-electron chi connectivity index (χ4n) is 0.981. The first-order valence-corrected chi connectivity index (χ1v) is 5.82. The summed E-state index contributed by atoms with van der Waals surface area (Å²) in [6.07, 6.45) is 0.853. The van der Waals surface area contributed by atoms with Crippen molar-refractivity contribution in [3.8, 4) is 0 Å². The number of nitrogens with one attached hydrogen (secondary N) is 2. The van der Waals surface area contributed by atoms with Gasteiger partial charge in [-0.25, -0.2) is 13.2 Å². The number of nitrogens with two attached hydrogens (primary N) is 1. The van der Waals surface area contributed by atoms with Crippen LogP contribution in [-0.2, 0) is 14.8 Å². The number of amides is 1. The van der Waals surface area contributed by atoms with Gasteiger partial charge in [-0.1, -0.05) is 0 Å². The van der Waals surface area contributed by atoms with E-state index in [0.29, 0.717) is 0 Å². The molecule has 0 aliphatic carbocycles. The Bertz CT molecular complexity index is 548. The second kappa shape index (κ2) is 4.51. The highest BCUT2D eigenvalue weighted by atomic mass is 32.2. The highest BCUT2D eigenvalue weighted by Gasteiger charge is 2.27. The molecule has 0 saturated heterocycles. The molecule has 5 N–H and O–H groups in total. The Morgan fingerprint density at radius 3 is 2.65 bits per heavy atom. The van der Waals surface area contributed by atoms with Gasteiger partial charge in [0.15, 0.2) is 5.03 Å². The van der Waals surface area contributed by atoms with E-state index in [2.05, 4.69) is 5.10 Å². The van der Waals surface area contributed by atoms with E-state index in [9.17, 15) is 18.0 Å². The van der Waals surface area contributed by atoms with Crippen LogP contribution >= 0.6 is 0 Å². The average Bonchev–Trinajstić information content (AvgIpc) is 2.65. The van der Waals surface area contributed by atoms with Crippen molar-refractivity contribution in [2.45, 2.75) is 18.0 Å². The summed E-state index contributed by atoms with van der Waals surface area (Å²) in [5, 5.41) is 13.4. The Morgan fingerprint density at radius 2 is 2.18 bits per heavy atom. The maximum absolute atomic E-state index is 11.7. The lowest BCUT2D eigenvalue weighted by molar-refractivity contribution is -0.119. The smallest absolute Gasteiger partial charge is 0.340 e. The molecule has 1 amide bonds. The zero-order valence-corrected chi connectivity index (χ0v) is 9.48. The van der Waals surface area contributed by atoms with Gasteiger partial charge in [-0.3, -0.25) is 9.89 Å². The van der Waals surface area contributed by atoms with Crippen molar-refractivity contribution >= 4 is 21.9 Å². The molecule has 10 heteroatoms. The van der Waals surface area contributed by atoms with Crippen LogP contribution in [0.5, 0.6) is 0 Å². The summed E-state index contributed by atoms with van der Waals surface area (Å²) in [5.74, 6) is -2.34. The minimum Gasteiger partial charge on any atom is -0.478 e. The minimum atomic E-state index is -4.19. The van der Waals surface area contributed by atoms with Crippen LogP contribution < -0.4 is 10.5 Å². The third-order valence-corrected chi connectivity index (χ3v) is 3.37. The van der Waals surface area contributed by atoms with E-state index in [4.69, 9.17) is 10.8 Å². The van der Waals surface area contributed by atoms with Gasteiger partial charge in [0.2, 0.25) is 5.91 Å². The number of aromatic carboxylic acids is 1. The Morgan fingerprint density at radius 1 is 1.59 bits per heavy atom. The van der Waals surface area contributed by atoms with Crippen molar-refractivity contribution in [2.75, 3.05) is 0 Å². The van der Waals surface area contributed by atoms with Crippen LogP contribution in [0, 0.1) is 0 Å². The second-order valence-corrected chi connectivity index (χ2v) is 4.81. The number of H-pyrrole nitrogens is 1. The fraction of sp³-hybridized carbons (Fsp3) is 0.286. The maximum atomic E-state index is 11.7. The van der Waals surface area contributed by atoms with Crippen LogP contribution in [0.2, 0.25) is 0 Å². The summed E-state index contributed by atoms with van der Waals surface area (Å²) in [7, 11) is -4.19. The molecule has 0 aliphatic heterocycles. The first kappa shape index (κ1) is 13.1. The monoisotopic (exact) mass is 262 g/mol. The number of nitrogens with zero attached hydrogens (tertiary/aromatic N) is 1. The number of aromatic nitrogens is 2. The Labute approximate surface area is 96.1 Å².